The number of hydrogen-bond acceptors (Lipinski definition) is 4. The molecular formula is C14H21BrN2O3. The number of halogens is 1. The number of nitrogens with zero attached hydrogens (tertiary/aromatic N) is 1. The summed E-state index contributed by atoms with van der Waals surface area (Å²) in [7, 11) is 4.99. The van der Waals surface area contributed by atoms with E-state index in [1.807, 2.05) is 19.1 Å². The fraction of sp³-hybridized carbons (Fsp3) is 0.500. The number of carbonyl (C=O) groups is 1. The summed E-state index contributed by atoms with van der Waals surface area (Å²) in [5.74, 6) is 1.42. The van der Waals surface area contributed by atoms with Gasteiger partial charge < -0.3 is 19.7 Å². The van der Waals surface area contributed by atoms with E-state index in [0.29, 0.717) is 31.1 Å². The normalized spacial score (nSPS) is 10.2. The molecule has 0 saturated heterocycles. The number of rotatable bonds is 7. The smallest absolute Gasteiger partial charge is 0.236 e. The fourth-order valence-corrected chi connectivity index (χ4v) is 2.11. The largest absolute Gasteiger partial charge is 0.493 e. The van der Waals surface area contributed by atoms with Crippen molar-refractivity contribution in [3.05, 3.63) is 22.2 Å². The Kier molecular flexibility index (Phi) is 6.81. The molecule has 0 saturated carbocycles. The first kappa shape index (κ1) is 16.8. The van der Waals surface area contributed by atoms with E-state index in [1.54, 1.807) is 26.2 Å². The van der Waals surface area contributed by atoms with Crippen molar-refractivity contribution in [2.75, 3.05) is 34.4 Å². The molecular weight excluding hydrogens is 324 g/mol. The Hall–Kier alpha value is -1.27. The molecule has 0 aliphatic heterocycles. The van der Waals surface area contributed by atoms with Gasteiger partial charge >= 0.3 is 0 Å². The van der Waals surface area contributed by atoms with Crippen LogP contribution in [0.1, 0.15) is 12.5 Å². The summed E-state index contributed by atoms with van der Waals surface area (Å²) in [4.78, 5) is 13.4. The molecule has 0 bridgehead atoms. The lowest BCUT2D eigenvalue weighted by Crippen LogP contribution is -2.35. The van der Waals surface area contributed by atoms with Gasteiger partial charge in [-0.2, -0.15) is 0 Å². The molecule has 0 atom stereocenters. The van der Waals surface area contributed by atoms with Crippen LogP contribution < -0.4 is 14.8 Å². The molecule has 1 aromatic rings. The minimum atomic E-state index is 0.0732. The number of nitrogens with one attached hydrogen (secondary N) is 1. The highest BCUT2D eigenvalue weighted by atomic mass is 79.9. The summed E-state index contributed by atoms with van der Waals surface area (Å²) in [6.45, 7) is 3.54. The summed E-state index contributed by atoms with van der Waals surface area (Å²) in [6.07, 6.45) is 0. The van der Waals surface area contributed by atoms with Crippen LogP contribution in [0.2, 0.25) is 0 Å². The molecule has 0 radical (unpaired) electrons. The lowest BCUT2D eigenvalue weighted by atomic mass is 10.2. The van der Waals surface area contributed by atoms with Crippen LogP contribution in [0.3, 0.4) is 0 Å². The topological polar surface area (TPSA) is 50.8 Å². The molecule has 0 unspecified atom stereocenters. The van der Waals surface area contributed by atoms with Gasteiger partial charge in [0.05, 0.1) is 20.8 Å². The molecule has 0 aliphatic carbocycles. The van der Waals surface area contributed by atoms with E-state index in [9.17, 15) is 4.79 Å². The van der Waals surface area contributed by atoms with Crippen molar-refractivity contribution in [3.8, 4) is 11.5 Å². The average molecular weight is 345 g/mol. The molecule has 20 heavy (non-hydrogen) atoms. The van der Waals surface area contributed by atoms with Crippen molar-refractivity contribution in [1.29, 1.82) is 0 Å². The Labute approximate surface area is 128 Å². The maximum Gasteiger partial charge on any atom is 0.236 e. The second-order valence-electron chi connectivity index (χ2n) is 4.31. The van der Waals surface area contributed by atoms with E-state index >= 15 is 0 Å². The maximum atomic E-state index is 11.7. The molecule has 0 spiro atoms. The third kappa shape index (κ3) is 4.38. The third-order valence-electron chi connectivity index (χ3n) is 3.04. The first-order valence-electron chi connectivity index (χ1n) is 6.38. The predicted octanol–water partition coefficient (Wildman–Crippen LogP) is 2.03. The minimum Gasteiger partial charge on any atom is -0.493 e. The van der Waals surface area contributed by atoms with Crippen LogP contribution in [0.5, 0.6) is 11.5 Å². The number of carbonyl (C=O) groups excluding carboxylic acids is 1. The number of methoxy groups -OCH3 is 2. The summed E-state index contributed by atoms with van der Waals surface area (Å²) in [5.41, 5.74) is 1.01. The van der Waals surface area contributed by atoms with Crippen LogP contribution in [0.25, 0.3) is 0 Å². The maximum absolute atomic E-state index is 11.7. The molecule has 0 aliphatic rings. The van der Waals surface area contributed by atoms with Crippen LogP contribution in [0.15, 0.2) is 16.6 Å². The zero-order valence-corrected chi connectivity index (χ0v) is 13.9. The van der Waals surface area contributed by atoms with Crippen molar-refractivity contribution in [2.24, 2.45) is 0 Å². The Balaban J connectivity index is 2.66. The number of ether oxygens (including phenoxy) is 2. The lowest BCUT2D eigenvalue weighted by Gasteiger charge is -2.16. The van der Waals surface area contributed by atoms with Crippen LogP contribution in [0, 0.1) is 0 Å². The SMILES string of the molecule is CCN(C)C(=O)CNCc1cc(OC)c(OC)cc1Br. The van der Waals surface area contributed by atoms with Gasteiger partial charge in [-0.1, -0.05) is 15.9 Å². The second-order valence-corrected chi connectivity index (χ2v) is 5.16. The summed E-state index contributed by atoms with van der Waals surface area (Å²) < 4.78 is 11.4. The Bertz CT molecular complexity index is 466. The van der Waals surface area contributed by atoms with Gasteiger partial charge in [-0.25, -0.2) is 0 Å². The highest BCUT2D eigenvalue weighted by molar-refractivity contribution is 9.10. The molecule has 1 rings (SSSR count). The zero-order chi connectivity index (χ0) is 15.1. The Morgan fingerprint density at radius 1 is 1.30 bits per heavy atom. The minimum absolute atomic E-state index is 0.0732. The molecule has 112 valence electrons. The van der Waals surface area contributed by atoms with Gasteiger partial charge in [0.25, 0.3) is 0 Å². The first-order valence-corrected chi connectivity index (χ1v) is 7.17. The highest BCUT2D eigenvalue weighted by Gasteiger charge is 2.10. The molecule has 6 heteroatoms. The van der Waals surface area contributed by atoms with Crippen molar-refractivity contribution in [1.82, 2.24) is 10.2 Å². The van der Waals surface area contributed by atoms with Gasteiger partial charge in [0.15, 0.2) is 11.5 Å². The van der Waals surface area contributed by atoms with Gasteiger partial charge in [0.2, 0.25) is 5.91 Å². The van der Waals surface area contributed by atoms with Crippen LogP contribution in [0.4, 0.5) is 0 Å². The number of amides is 1. The molecule has 0 heterocycles. The van der Waals surface area contributed by atoms with Crippen molar-refractivity contribution < 1.29 is 14.3 Å². The molecule has 1 N–H and O–H groups in total. The number of likely N-dealkylation sites (N-methyl/N-ethyl adjacent to an activating group) is 1. The van der Waals surface area contributed by atoms with E-state index in [4.69, 9.17) is 9.47 Å². The Morgan fingerprint density at radius 2 is 1.90 bits per heavy atom. The van der Waals surface area contributed by atoms with Crippen molar-refractivity contribution in [3.63, 3.8) is 0 Å². The zero-order valence-electron chi connectivity index (χ0n) is 12.3. The molecule has 0 fully saturated rings. The monoisotopic (exact) mass is 344 g/mol. The van der Waals surface area contributed by atoms with Gasteiger partial charge in [-0.3, -0.25) is 4.79 Å². The molecule has 1 aromatic carbocycles. The van der Waals surface area contributed by atoms with Crippen molar-refractivity contribution in [2.45, 2.75) is 13.5 Å². The van der Waals surface area contributed by atoms with Gasteiger partial charge in [-0.15, -0.1) is 0 Å². The summed E-state index contributed by atoms with van der Waals surface area (Å²) in [5, 5.41) is 3.13. The van der Waals surface area contributed by atoms with Crippen LogP contribution >= 0.6 is 15.9 Å². The Morgan fingerprint density at radius 3 is 2.45 bits per heavy atom. The van der Waals surface area contributed by atoms with Crippen LogP contribution in [-0.2, 0) is 11.3 Å². The molecule has 5 nitrogen and oxygen atoms in total. The fourth-order valence-electron chi connectivity index (χ4n) is 1.65. The summed E-state index contributed by atoms with van der Waals surface area (Å²) in [6, 6.07) is 3.75. The average Bonchev–Trinajstić information content (AvgIpc) is 2.47. The number of hydrogen-bond donors (Lipinski definition) is 1. The number of benzene rings is 1. The second kappa shape index (κ2) is 8.11. The highest BCUT2D eigenvalue weighted by Crippen LogP contribution is 2.33. The van der Waals surface area contributed by atoms with Gasteiger partial charge in [0, 0.05) is 24.6 Å². The van der Waals surface area contributed by atoms with E-state index in [2.05, 4.69) is 21.2 Å². The van der Waals surface area contributed by atoms with E-state index in [1.165, 1.54) is 0 Å². The van der Waals surface area contributed by atoms with Crippen LogP contribution in [-0.4, -0.2) is 45.2 Å². The van der Waals surface area contributed by atoms with E-state index < -0.39 is 0 Å². The molecule has 0 aromatic heterocycles. The van der Waals surface area contributed by atoms with Gasteiger partial charge in [-0.05, 0) is 24.6 Å². The van der Waals surface area contributed by atoms with Gasteiger partial charge in [0.1, 0.15) is 0 Å². The lowest BCUT2D eigenvalue weighted by molar-refractivity contribution is -0.128. The summed E-state index contributed by atoms with van der Waals surface area (Å²) >= 11 is 3.49. The quantitative estimate of drug-likeness (QED) is 0.822. The molecule has 1 amide bonds. The van der Waals surface area contributed by atoms with Crippen molar-refractivity contribution >= 4 is 21.8 Å². The van der Waals surface area contributed by atoms with E-state index in [-0.39, 0.29) is 5.91 Å². The standard InChI is InChI=1S/C14H21BrN2O3/c1-5-17(2)14(18)9-16-8-10-6-12(19-3)13(20-4)7-11(10)15/h6-7,16H,5,8-9H2,1-4H3. The first-order chi connectivity index (χ1) is 9.53. The predicted molar refractivity (Wildman–Crippen MR) is 82.3 cm³/mol. The van der Waals surface area contributed by atoms with E-state index in [0.717, 1.165) is 10.0 Å². The third-order valence-corrected chi connectivity index (χ3v) is 3.78.